The average molecular weight is 327 g/mol. The predicted octanol–water partition coefficient (Wildman–Crippen LogP) is 2.89. The zero-order chi connectivity index (χ0) is 16.8. The molecular weight excluding hydrogens is 310 g/mol. The van der Waals surface area contributed by atoms with Crippen LogP contribution in [0, 0.1) is 17.2 Å². The molecule has 0 aliphatic rings. The Balaban J connectivity index is 2.16. The van der Waals surface area contributed by atoms with Crippen LogP contribution in [0.4, 0.5) is 5.69 Å². The first kappa shape index (κ1) is 16.8. The number of carbonyl (C=O) groups excluding carboxylic acids is 1. The highest BCUT2D eigenvalue weighted by Crippen LogP contribution is 2.28. The highest BCUT2D eigenvalue weighted by molar-refractivity contribution is 7.99. The Morgan fingerprint density at radius 2 is 2.09 bits per heavy atom. The number of aromatic nitrogens is 1. The Hall–Kier alpha value is -2.52. The summed E-state index contributed by atoms with van der Waals surface area (Å²) in [7, 11) is 1.60. The minimum Gasteiger partial charge on any atom is -0.321 e. The Morgan fingerprint density at radius 3 is 2.78 bits per heavy atom. The number of amides is 1. The molecule has 2 aromatic rings. The number of nitriles is 1. The molecule has 1 aromatic heterocycles. The number of hydrogen-bond donors (Lipinski definition) is 1. The van der Waals surface area contributed by atoms with Gasteiger partial charge in [-0.2, -0.15) is 5.26 Å². The molecule has 6 heteroatoms. The number of aryl methyl sites for hydroxylation is 1. The van der Waals surface area contributed by atoms with Crippen LogP contribution in [-0.4, -0.2) is 16.2 Å². The van der Waals surface area contributed by atoms with Gasteiger partial charge in [0, 0.05) is 30.0 Å². The van der Waals surface area contributed by atoms with Gasteiger partial charge in [0.1, 0.15) is 0 Å². The molecule has 1 N–H and O–H groups in total. The maximum absolute atomic E-state index is 12.3. The second kappa shape index (κ2) is 7.65. The van der Waals surface area contributed by atoms with Crippen molar-refractivity contribution < 1.29 is 4.79 Å². The first-order chi connectivity index (χ1) is 11.0. The highest BCUT2D eigenvalue weighted by Gasteiger charge is 2.11. The van der Waals surface area contributed by atoms with Crippen molar-refractivity contribution in [1.29, 1.82) is 5.26 Å². The lowest BCUT2D eigenvalue weighted by Gasteiger charge is -2.11. The summed E-state index contributed by atoms with van der Waals surface area (Å²) in [6.45, 7) is 1.86. The summed E-state index contributed by atoms with van der Waals surface area (Å²) in [6.07, 6.45) is 1.51. The summed E-state index contributed by atoms with van der Waals surface area (Å²) in [5, 5.41) is 11.7. The Morgan fingerprint density at radius 1 is 1.35 bits per heavy atom. The number of hydrogen-bond acceptors (Lipinski definition) is 4. The van der Waals surface area contributed by atoms with E-state index in [1.807, 2.05) is 31.2 Å². The van der Waals surface area contributed by atoms with Gasteiger partial charge in [-0.25, -0.2) is 0 Å². The van der Waals surface area contributed by atoms with Gasteiger partial charge in [-0.05, 0) is 25.1 Å². The smallest absolute Gasteiger partial charge is 0.257 e. The van der Waals surface area contributed by atoms with Gasteiger partial charge in [0.25, 0.3) is 5.91 Å². The molecule has 2 rings (SSSR count). The highest BCUT2D eigenvalue weighted by atomic mass is 32.2. The third-order valence-electron chi connectivity index (χ3n) is 3.19. The van der Waals surface area contributed by atoms with E-state index in [4.69, 9.17) is 5.26 Å². The summed E-state index contributed by atoms with van der Waals surface area (Å²) in [5.74, 6) is 0.317. The van der Waals surface area contributed by atoms with Crippen LogP contribution in [0.5, 0.6) is 0 Å². The fourth-order valence-electron chi connectivity index (χ4n) is 1.87. The molecule has 0 spiro atoms. The van der Waals surface area contributed by atoms with Crippen LogP contribution in [0.2, 0.25) is 0 Å². The van der Waals surface area contributed by atoms with Crippen molar-refractivity contribution in [3.8, 4) is 6.07 Å². The normalized spacial score (nSPS) is 11.5. The fourth-order valence-corrected chi connectivity index (χ4v) is 2.82. The topological polar surface area (TPSA) is 74.9 Å². The van der Waals surface area contributed by atoms with Crippen LogP contribution >= 0.6 is 11.8 Å². The first-order valence-corrected chi connectivity index (χ1v) is 8.09. The minimum atomic E-state index is -0.276. The molecule has 23 heavy (non-hydrogen) atoms. The lowest BCUT2D eigenvalue weighted by Crippen LogP contribution is -2.19. The molecule has 1 heterocycles. The largest absolute Gasteiger partial charge is 0.321 e. The second-order valence-corrected chi connectivity index (χ2v) is 6.22. The number of rotatable bonds is 5. The van der Waals surface area contributed by atoms with Crippen molar-refractivity contribution in [3.05, 3.63) is 58.5 Å². The molecule has 5 nitrogen and oxygen atoms in total. The third-order valence-corrected chi connectivity index (χ3v) is 4.53. The molecule has 1 atom stereocenters. The van der Waals surface area contributed by atoms with E-state index in [1.54, 1.807) is 7.05 Å². The summed E-state index contributed by atoms with van der Waals surface area (Å²) < 4.78 is 1.37. The molecule has 0 fully saturated rings. The number of anilines is 1. The Bertz CT molecular complexity index is 808. The second-order valence-electron chi connectivity index (χ2n) is 5.16. The molecule has 0 radical (unpaired) electrons. The van der Waals surface area contributed by atoms with E-state index in [0.717, 1.165) is 4.90 Å². The molecule has 0 saturated heterocycles. The molecule has 0 saturated carbocycles. The lowest BCUT2D eigenvalue weighted by molar-refractivity contribution is 0.102. The van der Waals surface area contributed by atoms with Gasteiger partial charge in [0.2, 0.25) is 5.56 Å². The molecule has 0 aliphatic heterocycles. The van der Waals surface area contributed by atoms with E-state index in [9.17, 15) is 9.59 Å². The van der Waals surface area contributed by atoms with Crippen LogP contribution in [0.25, 0.3) is 0 Å². The lowest BCUT2D eigenvalue weighted by atomic mass is 10.2. The van der Waals surface area contributed by atoms with Crippen molar-refractivity contribution in [1.82, 2.24) is 4.57 Å². The standard InChI is InChI=1S/C17H17N3O2S/c1-12(9-18)11-23-15-6-4-3-5-14(15)19-17(22)13-7-8-16(21)20(2)10-13/h3-8,10,12H,11H2,1-2H3,(H,19,22)/t12-/m0/s1. The Labute approximate surface area is 138 Å². The van der Waals surface area contributed by atoms with Gasteiger partial charge in [-0.15, -0.1) is 11.8 Å². The van der Waals surface area contributed by atoms with Crippen LogP contribution in [0.1, 0.15) is 17.3 Å². The summed E-state index contributed by atoms with van der Waals surface area (Å²) >= 11 is 1.53. The molecule has 1 amide bonds. The minimum absolute atomic E-state index is 0.0626. The van der Waals surface area contributed by atoms with E-state index in [1.165, 1.54) is 34.7 Å². The van der Waals surface area contributed by atoms with Gasteiger partial charge in [-0.1, -0.05) is 12.1 Å². The maximum atomic E-state index is 12.3. The number of pyridine rings is 1. The number of para-hydroxylation sites is 1. The van der Waals surface area contributed by atoms with E-state index >= 15 is 0 Å². The summed E-state index contributed by atoms with van der Waals surface area (Å²) in [4.78, 5) is 24.6. The molecule has 0 bridgehead atoms. The molecule has 1 aromatic carbocycles. The monoisotopic (exact) mass is 327 g/mol. The molecule has 0 unspecified atom stereocenters. The van der Waals surface area contributed by atoms with Crippen molar-refractivity contribution in [2.75, 3.05) is 11.1 Å². The van der Waals surface area contributed by atoms with Crippen molar-refractivity contribution in [2.45, 2.75) is 11.8 Å². The van der Waals surface area contributed by atoms with Crippen LogP contribution in [0.15, 0.2) is 52.3 Å². The zero-order valence-electron chi connectivity index (χ0n) is 12.9. The van der Waals surface area contributed by atoms with Gasteiger partial charge in [0.15, 0.2) is 0 Å². The van der Waals surface area contributed by atoms with Crippen LogP contribution < -0.4 is 10.9 Å². The first-order valence-electron chi connectivity index (χ1n) is 7.10. The van der Waals surface area contributed by atoms with Crippen molar-refractivity contribution in [3.63, 3.8) is 0 Å². The summed E-state index contributed by atoms with van der Waals surface area (Å²) in [6, 6.07) is 12.5. The SMILES string of the molecule is C[C@@H](C#N)CSc1ccccc1NC(=O)c1ccc(=O)n(C)c1. The molecular formula is C17H17N3O2S. The van der Waals surface area contributed by atoms with Crippen molar-refractivity contribution >= 4 is 23.4 Å². The number of nitrogens with one attached hydrogen (secondary N) is 1. The van der Waals surface area contributed by atoms with E-state index in [2.05, 4.69) is 11.4 Å². The van der Waals surface area contributed by atoms with Gasteiger partial charge in [0.05, 0.1) is 23.2 Å². The van der Waals surface area contributed by atoms with Crippen molar-refractivity contribution in [2.24, 2.45) is 13.0 Å². The quantitative estimate of drug-likeness (QED) is 0.857. The Kier molecular flexibility index (Phi) is 5.61. The van der Waals surface area contributed by atoms with E-state index in [-0.39, 0.29) is 17.4 Å². The molecule has 0 aliphatic carbocycles. The molecule has 118 valence electrons. The van der Waals surface area contributed by atoms with Gasteiger partial charge in [-0.3, -0.25) is 9.59 Å². The number of nitrogens with zero attached hydrogens (tertiary/aromatic N) is 2. The number of benzene rings is 1. The van der Waals surface area contributed by atoms with E-state index in [0.29, 0.717) is 17.0 Å². The van der Waals surface area contributed by atoms with Gasteiger partial charge < -0.3 is 9.88 Å². The predicted molar refractivity (Wildman–Crippen MR) is 91.6 cm³/mol. The third kappa shape index (κ3) is 4.47. The number of thioether (sulfide) groups is 1. The van der Waals surface area contributed by atoms with Crippen LogP contribution in [0.3, 0.4) is 0 Å². The van der Waals surface area contributed by atoms with Crippen LogP contribution in [-0.2, 0) is 7.05 Å². The fraction of sp³-hybridized carbons (Fsp3) is 0.235. The average Bonchev–Trinajstić information content (AvgIpc) is 2.56. The van der Waals surface area contributed by atoms with E-state index < -0.39 is 0 Å². The summed E-state index contributed by atoms with van der Waals surface area (Å²) in [5.41, 5.74) is 0.946. The van der Waals surface area contributed by atoms with Gasteiger partial charge >= 0.3 is 0 Å². The maximum Gasteiger partial charge on any atom is 0.257 e. The number of carbonyl (C=O) groups is 1. The zero-order valence-corrected chi connectivity index (χ0v) is 13.8.